The summed E-state index contributed by atoms with van der Waals surface area (Å²) in [7, 11) is 0. The van der Waals surface area contributed by atoms with Gasteiger partial charge in [-0.05, 0) is 11.6 Å². The summed E-state index contributed by atoms with van der Waals surface area (Å²) in [6.07, 6.45) is 0.265. The Hall–Kier alpha value is -2.02. The largest absolute Gasteiger partial charge is 0.292 e. The van der Waals surface area contributed by atoms with E-state index in [1.807, 2.05) is 6.07 Å². The molecule has 14 heavy (non-hydrogen) atoms. The number of fused-ring (bicyclic) bond motifs is 1. The average molecular weight is 186 g/mol. The number of Topliss-reactive ketones (excluding diaryl/α,β-unsaturated/α-hetero) is 1. The number of benzene rings is 1. The molecule has 0 radical (unpaired) electrons. The van der Waals surface area contributed by atoms with E-state index in [0.717, 1.165) is 0 Å². The molecule has 1 unspecified atom stereocenters. The molecule has 0 amide bonds. The van der Waals surface area contributed by atoms with Gasteiger partial charge in [0.15, 0.2) is 11.8 Å². The van der Waals surface area contributed by atoms with Crippen LogP contribution in [-0.4, -0.2) is 11.8 Å². The second kappa shape index (κ2) is 3.04. The molecular weight excluding hydrogens is 180 g/mol. The minimum Gasteiger partial charge on any atom is -0.292 e. The van der Waals surface area contributed by atoms with Crippen molar-refractivity contribution in [3.63, 3.8) is 0 Å². The lowest BCUT2D eigenvalue weighted by atomic mass is 10.0. The van der Waals surface area contributed by atoms with Crippen molar-refractivity contribution in [2.75, 3.05) is 0 Å². The van der Waals surface area contributed by atoms with Crippen LogP contribution in [0, 0.1) is 16.2 Å². The highest BCUT2D eigenvalue weighted by Crippen LogP contribution is 2.26. The standard InChI is InChI=1S/C10H6N2O2/c11-5-6-2-1-3-7-8(6)4-9(12-14)10(7)13/h1-3,9H,4H2. The van der Waals surface area contributed by atoms with Gasteiger partial charge in [0, 0.05) is 12.0 Å². The fraction of sp³-hybridized carbons (Fsp3) is 0.200. The lowest BCUT2D eigenvalue weighted by Crippen LogP contribution is -2.11. The lowest BCUT2D eigenvalue weighted by molar-refractivity contribution is 0.0975. The molecule has 4 nitrogen and oxygen atoms in total. The van der Waals surface area contributed by atoms with Crippen LogP contribution in [0.3, 0.4) is 0 Å². The molecule has 0 saturated carbocycles. The molecule has 0 heterocycles. The number of rotatable bonds is 1. The van der Waals surface area contributed by atoms with E-state index < -0.39 is 6.04 Å². The van der Waals surface area contributed by atoms with Crippen molar-refractivity contribution < 1.29 is 4.79 Å². The first kappa shape index (κ1) is 8.57. The Kier molecular flexibility index (Phi) is 1.86. The summed E-state index contributed by atoms with van der Waals surface area (Å²) in [5, 5.41) is 11.5. The third-order valence-electron chi connectivity index (χ3n) is 2.39. The van der Waals surface area contributed by atoms with Crippen LogP contribution in [0.1, 0.15) is 21.5 Å². The summed E-state index contributed by atoms with van der Waals surface area (Å²) in [6.45, 7) is 0. The maximum atomic E-state index is 11.5. The highest BCUT2D eigenvalue weighted by Gasteiger charge is 2.32. The Labute approximate surface area is 80.1 Å². The first-order valence-electron chi connectivity index (χ1n) is 4.16. The molecule has 0 saturated heterocycles. The van der Waals surface area contributed by atoms with Crippen LogP contribution in [-0.2, 0) is 6.42 Å². The molecule has 1 aromatic rings. The second-order valence-electron chi connectivity index (χ2n) is 3.13. The molecule has 68 valence electrons. The first-order chi connectivity index (χ1) is 6.77. The van der Waals surface area contributed by atoms with Gasteiger partial charge in [-0.1, -0.05) is 17.3 Å². The molecule has 1 aliphatic rings. The van der Waals surface area contributed by atoms with Crippen LogP contribution in [0.5, 0.6) is 0 Å². The number of nitroso groups, excluding NO2 is 1. The van der Waals surface area contributed by atoms with Crippen LogP contribution < -0.4 is 0 Å². The van der Waals surface area contributed by atoms with E-state index in [0.29, 0.717) is 16.7 Å². The lowest BCUT2D eigenvalue weighted by Gasteiger charge is -1.97. The van der Waals surface area contributed by atoms with Crippen LogP contribution in [0.15, 0.2) is 23.4 Å². The monoisotopic (exact) mass is 186 g/mol. The van der Waals surface area contributed by atoms with Crippen LogP contribution in [0.2, 0.25) is 0 Å². The number of carbonyl (C=O) groups excluding carboxylic acids is 1. The number of ketones is 1. The van der Waals surface area contributed by atoms with Gasteiger partial charge in [-0.3, -0.25) is 4.79 Å². The summed E-state index contributed by atoms with van der Waals surface area (Å²) in [6, 6.07) is 6.07. The van der Waals surface area contributed by atoms with Gasteiger partial charge in [-0.25, -0.2) is 0 Å². The first-order valence-corrected chi connectivity index (χ1v) is 4.16. The van der Waals surface area contributed by atoms with Crippen molar-refractivity contribution in [2.45, 2.75) is 12.5 Å². The SMILES string of the molecule is N#Cc1cccc2c1CC(N=O)C2=O. The molecule has 1 atom stereocenters. The Morgan fingerprint density at radius 3 is 2.93 bits per heavy atom. The Balaban J connectivity index is 2.59. The number of nitrogens with zero attached hydrogens (tertiary/aromatic N) is 2. The van der Waals surface area contributed by atoms with Crippen LogP contribution in [0.25, 0.3) is 0 Å². The van der Waals surface area contributed by atoms with Crippen molar-refractivity contribution in [1.29, 1.82) is 5.26 Å². The Morgan fingerprint density at radius 2 is 2.29 bits per heavy atom. The maximum Gasteiger partial charge on any atom is 0.191 e. The molecule has 0 bridgehead atoms. The zero-order chi connectivity index (χ0) is 10.1. The summed E-state index contributed by atoms with van der Waals surface area (Å²) in [4.78, 5) is 21.8. The smallest absolute Gasteiger partial charge is 0.191 e. The quantitative estimate of drug-likeness (QED) is 0.623. The zero-order valence-corrected chi connectivity index (χ0v) is 7.23. The highest BCUT2D eigenvalue weighted by atomic mass is 16.3. The second-order valence-corrected chi connectivity index (χ2v) is 3.13. The summed E-state index contributed by atoms with van der Waals surface area (Å²) >= 11 is 0. The van der Waals surface area contributed by atoms with Crippen molar-refractivity contribution >= 4 is 5.78 Å². The minimum atomic E-state index is -0.834. The molecule has 4 heteroatoms. The van der Waals surface area contributed by atoms with E-state index in [1.165, 1.54) is 0 Å². The fourth-order valence-electron chi connectivity index (χ4n) is 1.69. The molecule has 0 aliphatic heterocycles. The molecular formula is C10H6N2O2. The van der Waals surface area contributed by atoms with Gasteiger partial charge >= 0.3 is 0 Å². The van der Waals surface area contributed by atoms with E-state index in [2.05, 4.69) is 5.18 Å². The topological polar surface area (TPSA) is 70.3 Å². The van der Waals surface area contributed by atoms with Gasteiger partial charge in [0.2, 0.25) is 0 Å². The normalized spacial score (nSPS) is 18.8. The van der Waals surface area contributed by atoms with E-state index in [9.17, 15) is 9.70 Å². The van der Waals surface area contributed by atoms with Gasteiger partial charge in [-0.15, -0.1) is 0 Å². The molecule has 1 aromatic carbocycles. The Morgan fingerprint density at radius 1 is 1.50 bits per heavy atom. The third kappa shape index (κ3) is 1.03. The molecule has 0 aromatic heterocycles. The molecule has 0 N–H and O–H groups in total. The predicted octanol–water partition coefficient (Wildman–Crippen LogP) is 1.43. The van der Waals surface area contributed by atoms with Crippen molar-refractivity contribution in [2.24, 2.45) is 5.18 Å². The number of carbonyl (C=O) groups is 1. The molecule has 2 rings (SSSR count). The summed E-state index contributed by atoms with van der Waals surface area (Å²) < 4.78 is 0. The van der Waals surface area contributed by atoms with E-state index in [1.54, 1.807) is 18.2 Å². The van der Waals surface area contributed by atoms with Gasteiger partial charge in [0.05, 0.1) is 11.6 Å². The highest BCUT2D eigenvalue weighted by molar-refractivity contribution is 6.05. The molecule has 0 fully saturated rings. The number of hydrogen-bond acceptors (Lipinski definition) is 4. The van der Waals surface area contributed by atoms with Gasteiger partial charge in [0.25, 0.3) is 0 Å². The summed E-state index contributed by atoms with van der Waals surface area (Å²) in [5.41, 5.74) is 1.58. The van der Waals surface area contributed by atoms with Gasteiger partial charge < -0.3 is 0 Å². The van der Waals surface area contributed by atoms with E-state index >= 15 is 0 Å². The van der Waals surface area contributed by atoms with Crippen LogP contribution >= 0.6 is 0 Å². The molecule has 1 aliphatic carbocycles. The van der Waals surface area contributed by atoms with Crippen molar-refractivity contribution in [3.05, 3.63) is 39.8 Å². The minimum absolute atomic E-state index is 0.265. The van der Waals surface area contributed by atoms with Gasteiger partial charge in [0.1, 0.15) is 0 Å². The Bertz CT molecular complexity index is 460. The van der Waals surface area contributed by atoms with Crippen molar-refractivity contribution in [1.82, 2.24) is 0 Å². The zero-order valence-electron chi connectivity index (χ0n) is 7.23. The average Bonchev–Trinajstić information content (AvgIpc) is 2.55. The van der Waals surface area contributed by atoms with Crippen LogP contribution in [0.4, 0.5) is 0 Å². The predicted molar refractivity (Wildman–Crippen MR) is 48.8 cm³/mol. The van der Waals surface area contributed by atoms with E-state index in [4.69, 9.17) is 5.26 Å². The van der Waals surface area contributed by atoms with Gasteiger partial charge in [-0.2, -0.15) is 10.2 Å². The summed E-state index contributed by atoms with van der Waals surface area (Å²) in [5.74, 6) is -0.271. The number of hydrogen-bond donors (Lipinski definition) is 0. The molecule has 0 spiro atoms. The fourth-order valence-corrected chi connectivity index (χ4v) is 1.69. The third-order valence-corrected chi connectivity index (χ3v) is 2.39. The van der Waals surface area contributed by atoms with Crippen molar-refractivity contribution in [3.8, 4) is 6.07 Å². The maximum absolute atomic E-state index is 11.5. The van der Waals surface area contributed by atoms with E-state index in [-0.39, 0.29) is 12.2 Å². The number of nitriles is 1.